The molecule has 6 heteroatoms. The Labute approximate surface area is 115 Å². The molecule has 2 N–H and O–H groups in total. The van der Waals surface area contributed by atoms with E-state index in [1.165, 1.54) is 0 Å². The maximum absolute atomic E-state index is 11.1. The summed E-state index contributed by atoms with van der Waals surface area (Å²) in [5.74, 6) is -0.969. The van der Waals surface area contributed by atoms with Crippen molar-refractivity contribution in [3.05, 3.63) is 28.5 Å². The number of aliphatic carboxylic acids is 1. The molecule has 0 unspecified atom stereocenters. The zero-order valence-corrected chi connectivity index (χ0v) is 12.2. The normalized spacial score (nSPS) is 13.3. The molecule has 0 fully saturated rings. The van der Waals surface area contributed by atoms with E-state index < -0.39 is 17.6 Å². The molecule has 0 spiro atoms. The van der Waals surface area contributed by atoms with E-state index in [0.717, 1.165) is 4.47 Å². The van der Waals surface area contributed by atoms with Gasteiger partial charge in [-0.25, -0.2) is 0 Å². The molecule has 0 aromatic carbocycles. The zero-order valence-electron chi connectivity index (χ0n) is 10.6. The first-order valence-corrected chi connectivity index (χ1v) is 6.34. The third kappa shape index (κ3) is 5.57. The van der Waals surface area contributed by atoms with Gasteiger partial charge in [0.2, 0.25) is 0 Å². The molecule has 0 saturated carbocycles. The van der Waals surface area contributed by atoms with Crippen molar-refractivity contribution in [2.45, 2.75) is 38.8 Å². The van der Waals surface area contributed by atoms with Crippen molar-refractivity contribution in [3.8, 4) is 0 Å². The highest BCUT2D eigenvalue weighted by molar-refractivity contribution is 9.10. The highest BCUT2D eigenvalue weighted by Crippen LogP contribution is 2.10. The summed E-state index contributed by atoms with van der Waals surface area (Å²) < 4.78 is 0.858. The van der Waals surface area contributed by atoms with E-state index in [9.17, 15) is 4.79 Å². The largest absolute Gasteiger partial charge is 0.480 e. The number of carboxylic acid groups (broad SMARTS) is 1. The van der Waals surface area contributed by atoms with Crippen molar-refractivity contribution in [2.24, 2.45) is 0 Å². The Morgan fingerprint density at radius 3 is 2.67 bits per heavy atom. The van der Waals surface area contributed by atoms with Gasteiger partial charge in [0.15, 0.2) is 0 Å². The lowest BCUT2D eigenvalue weighted by Gasteiger charge is -2.22. The fourth-order valence-electron chi connectivity index (χ4n) is 1.16. The van der Waals surface area contributed by atoms with Crippen LogP contribution in [0.15, 0.2) is 22.8 Å². The molecule has 0 saturated heterocycles. The Kier molecular flexibility index (Phi) is 5.25. The second-order valence-corrected chi connectivity index (χ2v) is 5.81. The third-order valence-corrected chi connectivity index (χ3v) is 2.48. The molecule has 18 heavy (non-hydrogen) atoms. The predicted molar refractivity (Wildman–Crippen MR) is 71.0 cm³/mol. The van der Waals surface area contributed by atoms with Gasteiger partial charge in [-0.15, -0.1) is 0 Å². The van der Waals surface area contributed by atoms with Gasteiger partial charge in [0.1, 0.15) is 6.04 Å². The number of nitrogens with one attached hydrogen (secondary N) is 1. The van der Waals surface area contributed by atoms with Crippen molar-refractivity contribution in [2.75, 3.05) is 0 Å². The quantitative estimate of drug-likeness (QED) is 0.814. The van der Waals surface area contributed by atoms with Crippen LogP contribution in [0.3, 0.4) is 0 Å². The van der Waals surface area contributed by atoms with Gasteiger partial charge in [-0.05, 0) is 48.8 Å². The highest BCUT2D eigenvalue weighted by atomic mass is 79.9. The minimum atomic E-state index is -0.969. The second kappa shape index (κ2) is 6.26. The number of pyridine rings is 1. The summed E-state index contributed by atoms with van der Waals surface area (Å²) in [7, 11) is 0. The minimum Gasteiger partial charge on any atom is -0.480 e. The van der Waals surface area contributed by atoms with Crippen LogP contribution >= 0.6 is 15.9 Å². The van der Waals surface area contributed by atoms with Gasteiger partial charge < -0.3 is 5.11 Å². The lowest BCUT2D eigenvalue weighted by Crippen LogP contribution is -2.42. The van der Waals surface area contributed by atoms with E-state index in [2.05, 4.69) is 26.4 Å². The standard InChI is InChI=1S/C12H17BrN2O3/c1-12(2,3)18-15-10(11(16)17)6-9-5-4-8(13)7-14-9/h4-5,7,10,15H,6H2,1-3H3,(H,16,17)/t10-/m0/s1. The fraction of sp³-hybridized carbons (Fsp3) is 0.500. The van der Waals surface area contributed by atoms with E-state index in [1.807, 2.05) is 26.8 Å². The predicted octanol–water partition coefficient (Wildman–Crippen LogP) is 2.16. The van der Waals surface area contributed by atoms with Gasteiger partial charge in [-0.2, -0.15) is 5.48 Å². The van der Waals surface area contributed by atoms with E-state index in [4.69, 9.17) is 9.94 Å². The molecular formula is C12H17BrN2O3. The Morgan fingerprint density at radius 1 is 1.56 bits per heavy atom. The van der Waals surface area contributed by atoms with E-state index >= 15 is 0 Å². The van der Waals surface area contributed by atoms with Crippen LogP contribution in [0, 0.1) is 0 Å². The van der Waals surface area contributed by atoms with Gasteiger partial charge in [-0.3, -0.25) is 14.6 Å². The lowest BCUT2D eigenvalue weighted by molar-refractivity contribution is -0.150. The molecule has 0 aliphatic carbocycles. The number of hydrogen-bond donors (Lipinski definition) is 2. The maximum Gasteiger partial charge on any atom is 0.323 e. The third-order valence-electron chi connectivity index (χ3n) is 2.01. The molecule has 0 bridgehead atoms. The van der Waals surface area contributed by atoms with Gasteiger partial charge in [-0.1, -0.05) is 0 Å². The van der Waals surface area contributed by atoms with E-state index in [0.29, 0.717) is 5.69 Å². The molecule has 5 nitrogen and oxygen atoms in total. The Balaban J connectivity index is 2.63. The summed E-state index contributed by atoms with van der Waals surface area (Å²) in [4.78, 5) is 20.5. The van der Waals surface area contributed by atoms with Crippen molar-refractivity contribution >= 4 is 21.9 Å². The molecule has 0 aliphatic heterocycles. The van der Waals surface area contributed by atoms with Gasteiger partial charge in [0.25, 0.3) is 0 Å². The molecule has 1 atom stereocenters. The van der Waals surface area contributed by atoms with Crippen molar-refractivity contribution in [1.29, 1.82) is 0 Å². The summed E-state index contributed by atoms with van der Waals surface area (Å²) in [5, 5.41) is 9.11. The Bertz CT molecular complexity index is 401. The van der Waals surface area contributed by atoms with E-state index in [-0.39, 0.29) is 6.42 Å². The number of rotatable bonds is 5. The van der Waals surface area contributed by atoms with Crippen LogP contribution in [-0.2, 0) is 16.1 Å². The minimum absolute atomic E-state index is 0.263. The van der Waals surface area contributed by atoms with Crippen molar-refractivity contribution in [3.63, 3.8) is 0 Å². The number of halogens is 1. The molecule has 1 aromatic heterocycles. The van der Waals surface area contributed by atoms with Crippen molar-refractivity contribution < 1.29 is 14.7 Å². The first-order chi connectivity index (χ1) is 8.28. The van der Waals surface area contributed by atoms with Crippen LogP contribution in [0.2, 0.25) is 0 Å². The second-order valence-electron chi connectivity index (χ2n) is 4.89. The number of carboxylic acids is 1. The number of carbonyl (C=O) groups is 1. The number of nitrogens with zero attached hydrogens (tertiary/aromatic N) is 1. The summed E-state index contributed by atoms with van der Waals surface area (Å²) in [6, 6.07) is 2.78. The Morgan fingerprint density at radius 2 is 2.22 bits per heavy atom. The average Bonchev–Trinajstić information content (AvgIpc) is 2.25. The molecule has 100 valence electrons. The van der Waals surface area contributed by atoms with Crippen LogP contribution in [-0.4, -0.2) is 27.7 Å². The highest BCUT2D eigenvalue weighted by Gasteiger charge is 2.21. The molecule has 1 aromatic rings. The SMILES string of the molecule is CC(C)(C)ON[C@@H](Cc1ccc(Br)cn1)C(=O)O. The van der Waals surface area contributed by atoms with Gasteiger partial charge in [0.05, 0.1) is 5.60 Å². The molecule has 0 radical (unpaired) electrons. The van der Waals surface area contributed by atoms with Crippen LogP contribution in [0.25, 0.3) is 0 Å². The molecule has 0 aliphatic rings. The molecule has 1 rings (SSSR count). The monoisotopic (exact) mass is 316 g/mol. The topological polar surface area (TPSA) is 71.5 Å². The summed E-state index contributed by atoms with van der Waals surface area (Å²) in [6.45, 7) is 5.53. The zero-order chi connectivity index (χ0) is 13.8. The van der Waals surface area contributed by atoms with Gasteiger partial charge in [0, 0.05) is 22.8 Å². The average molecular weight is 317 g/mol. The summed E-state index contributed by atoms with van der Waals surface area (Å²) in [6.07, 6.45) is 1.90. The fourth-order valence-corrected chi connectivity index (χ4v) is 1.40. The van der Waals surface area contributed by atoms with Crippen LogP contribution in [0.1, 0.15) is 26.5 Å². The first-order valence-electron chi connectivity index (χ1n) is 5.55. The van der Waals surface area contributed by atoms with Crippen molar-refractivity contribution in [1.82, 2.24) is 10.5 Å². The summed E-state index contributed by atoms with van der Waals surface area (Å²) >= 11 is 3.28. The number of hydroxylamine groups is 1. The number of aromatic nitrogens is 1. The van der Waals surface area contributed by atoms with Crippen LogP contribution in [0.4, 0.5) is 0 Å². The van der Waals surface area contributed by atoms with E-state index in [1.54, 1.807) is 12.3 Å². The molecular weight excluding hydrogens is 300 g/mol. The smallest absolute Gasteiger partial charge is 0.323 e. The van der Waals surface area contributed by atoms with Crippen LogP contribution in [0.5, 0.6) is 0 Å². The van der Waals surface area contributed by atoms with Gasteiger partial charge >= 0.3 is 5.97 Å². The number of hydrogen-bond acceptors (Lipinski definition) is 4. The summed E-state index contributed by atoms with van der Waals surface area (Å²) in [5.41, 5.74) is 2.82. The maximum atomic E-state index is 11.1. The first kappa shape index (κ1) is 15.1. The molecule has 1 heterocycles. The lowest BCUT2D eigenvalue weighted by atomic mass is 10.1. The Hall–Kier alpha value is -0.980. The van der Waals surface area contributed by atoms with Crippen LogP contribution < -0.4 is 5.48 Å². The molecule has 0 amide bonds.